The summed E-state index contributed by atoms with van der Waals surface area (Å²) in [5, 5.41) is 4.48. The second kappa shape index (κ2) is 6.10. The summed E-state index contributed by atoms with van der Waals surface area (Å²) in [5.41, 5.74) is 5.61. The maximum Gasteiger partial charge on any atom is 0.251 e. The van der Waals surface area contributed by atoms with Crippen LogP contribution in [-0.2, 0) is 12.8 Å². The van der Waals surface area contributed by atoms with Crippen molar-refractivity contribution in [2.75, 3.05) is 0 Å². The molecule has 1 aliphatic carbocycles. The first kappa shape index (κ1) is 15.5. The highest BCUT2D eigenvalue weighted by Crippen LogP contribution is 2.31. The van der Waals surface area contributed by atoms with Gasteiger partial charge in [-0.1, -0.05) is 34.1 Å². The van der Waals surface area contributed by atoms with E-state index in [1.54, 1.807) is 0 Å². The van der Waals surface area contributed by atoms with Crippen molar-refractivity contribution >= 4 is 32.7 Å². The van der Waals surface area contributed by atoms with Crippen LogP contribution >= 0.6 is 15.9 Å². The SMILES string of the molecule is Cc1ccccc1C(=O)N[C@H]1CCc2[nH]c3ccc(Br)cc3c2C1. The van der Waals surface area contributed by atoms with Crippen molar-refractivity contribution in [1.82, 2.24) is 10.3 Å². The predicted molar refractivity (Wildman–Crippen MR) is 100 cm³/mol. The number of H-pyrrole nitrogens is 1. The molecule has 2 aromatic carbocycles. The Morgan fingerprint density at radius 3 is 2.92 bits per heavy atom. The van der Waals surface area contributed by atoms with E-state index < -0.39 is 0 Å². The monoisotopic (exact) mass is 382 g/mol. The van der Waals surface area contributed by atoms with Gasteiger partial charge in [-0.2, -0.15) is 0 Å². The van der Waals surface area contributed by atoms with Gasteiger partial charge in [-0.15, -0.1) is 0 Å². The van der Waals surface area contributed by atoms with Gasteiger partial charge in [-0.05, 0) is 61.6 Å². The fraction of sp³-hybridized carbons (Fsp3) is 0.250. The minimum atomic E-state index is 0.0302. The number of carbonyl (C=O) groups excluding carboxylic acids is 1. The quantitative estimate of drug-likeness (QED) is 0.671. The van der Waals surface area contributed by atoms with E-state index >= 15 is 0 Å². The van der Waals surface area contributed by atoms with E-state index in [0.29, 0.717) is 0 Å². The molecule has 1 atom stereocenters. The van der Waals surface area contributed by atoms with Crippen LogP contribution < -0.4 is 5.32 Å². The van der Waals surface area contributed by atoms with Gasteiger partial charge in [0.1, 0.15) is 0 Å². The van der Waals surface area contributed by atoms with Gasteiger partial charge in [0.05, 0.1) is 0 Å². The highest BCUT2D eigenvalue weighted by Gasteiger charge is 2.24. The zero-order chi connectivity index (χ0) is 16.7. The lowest BCUT2D eigenvalue weighted by atomic mass is 9.91. The maximum absolute atomic E-state index is 12.6. The summed E-state index contributed by atoms with van der Waals surface area (Å²) in [6, 6.07) is 14.3. The number of aryl methyl sites for hydroxylation is 2. The molecule has 1 amide bonds. The molecule has 2 N–H and O–H groups in total. The summed E-state index contributed by atoms with van der Waals surface area (Å²) in [6.07, 6.45) is 2.82. The second-order valence-corrected chi connectivity index (χ2v) is 7.42. The van der Waals surface area contributed by atoms with Crippen LogP contribution in [-0.4, -0.2) is 16.9 Å². The smallest absolute Gasteiger partial charge is 0.251 e. The lowest BCUT2D eigenvalue weighted by molar-refractivity contribution is 0.0933. The zero-order valence-electron chi connectivity index (χ0n) is 13.5. The molecule has 4 heteroatoms. The van der Waals surface area contributed by atoms with Gasteiger partial charge in [0, 0.05) is 32.7 Å². The Bertz CT molecular complexity index is 929. The van der Waals surface area contributed by atoms with Crippen molar-refractivity contribution in [2.45, 2.75) is 32.2 Å². The number of amides is 1. The first-order chi connectivity index (χ1) is 11.6. The van der Waals surface area contributed by atoms with Crippen LogP contribution in [0.2, 0.25) is 0 Å². The third-order valence-corrected chi connectivity index (χ3v) is 5.37. The van der Waals surface area contributed by atoms with E-state index in [2.05, 4.69) is 44.4 Å². The van der Waals surface area contributed by atoms with E-state index in [1.165, 1.54) is 22.2 Å². The van der Waals surface area contributed by atoms with Gasteiger partial charge >= 0.3 is 0 Å². The molecule has 0 aliphatic heterocycles. The van der Waals surface area contributed by atoms with Crippen LogP contribution in [0.15, 0.2) is 46.9 Å². The molecule has 1 aromatic heterocycles. The average molecular weight is 383 g/mol. The van der Waals surface area contributed by atoms with Crippen LogP contribution in [0.1, 0.15) is 33.6 Å². The topological polar surface area (TPSA) is 44.9 Å². The Morgan fingerprint density at radius 1 is 1.25 bits per heavy atom. The first-order valence-electron chi connectivity index (χ1n) is 8.27. The fourth-order valence-corrected chi connectivity index (χ4v) is 3.96. The number of benzene rings is 2. The summed E-state index contributed by atoms with van der Waals surface area (Å²) < 4.78 is 1.09. The molecule has 0 fully saturated rings. The first-order valence-corrected chi connectivity index (χ1v) is 9.06. The molecule has 1 aliphatic rings. The maximum atomic E-state index is 12.6. The Morgan fingerprint density at radius 2 is 2.08 bits per heavy atom. The van der Waals surface area contributed by atoms with Crippen molar-refractivity contribution in [1.29, 1.82) is 0 Å². The molecule has 122 valence electrons. The van der Waals surface area contributed by atoms with Crippen LogP contribution in [0, 0.1) is 6.92 Å². The number of halogens is 1. The van der Waals surface area contributed by atoms with Crippen molar-refractivity contribution in [2.24, 2.45) is 0 Å². The van der Waals surface area contributed by atoms with E-state index in [9.17, 15) is 4.79 Å². The van der Waals surface area contributed by atoms with Crippen molar-refractivity contribution in [3.05, 3.63) is 69.3 Å². The summed E-state index contributed by atoms with van der Waals surface area (Å²) >= 11 is 3.56. The lowest BCUT2D eigenvalue weighted by Gasteiger charge is -2.24. The minimum absolute atomic E-state index is 0.0302. The molecule has 24 heavy (non-hydrogen) atoms. The molecule has 0 unspecified atom stereocenters. The number of fused-ring (bicyclic) bond motifs is 3. The van der Waals surface area contributed by atoms with Crippen LogP contribution in [0.3, 0.4) is 0 Å². The predicted octanol–water partition coefficient (Wildman–Crippen LogP) is 4.53. The molecule has 0 saturated carbocycles. The number of aromatic amines is 1. The molecule has 0 spiro atoms. The van der Waals surface area contributed by atoms with Gasteiger partial charge in [-0.25, -0.2) is 0 Å². The van der Waals surface area contributed by atoms with Crippen molar-refractivity contribution < 1.29 is 4.79 Å². The summed E-state index contributed by atoms with van der Waals surface area (Å²) in [7, 11) is 0. The van der Waals surface area contributed by atoms with Crippen LogP contribution in [0.4, 0.5) is 0 Å². The molecule has 3 aromatic rings. The van der Waals surface area contributed by atoms with Gasteiger partial charge in [-0.3, -0.25) is 4.79 Å². The van der Waals surface area contributed by atoms with Crippen molar-refractivity contribution in [3.63, 3.8) is 0 Å². The van der Waals surface area contributed by atoms with E-state index in [-0.39, 0.29) is 11.9 Å². The van der Waals surface area contributed by atoms with Crippen LogP contribution in [0.25, 0.3) is 10.9 Å². The lowest BCUT2D eigenvalue weighted by Crippen LogP contribution is -2.39. The molecule has 4 rings (SSSR count). The number of nitrogens with one attached hydrogen (secondary N) is 2. The van der Waals surface area contributed by atoms with Crippen LogP contribution in [0.5, 0.6) is 0 Å². The number of rotatable bonds is 2. The largest absolute Gasteiger partial charge is 0.358 e. The van der Waals surface area contributed by atoms with Gasteiger partial charge in [0.25, 0.3) is 5.91 Å². The molecular formula is C20H19BrN2O. The molecule has 0 radical (unpaired) electrons. The van der Waals surface area contributed by atoms with E-state index in [4.69, 9.17) is 0 Å². The molecule has 0 bridgehead atoms. The second-order valence-electron chi connectivity index (χ2n) is 6.50. The highest BCUT2D eigenvalue weighted by molar-refractivity contribution is 9.10. The van der Waals surface area contributed by atoms with E-state index in [1.807, 2.05) is 31.2 Å². The standard InChI is InChI=1S/C20H19BrN2O/c1-12-4-2-3-5-15(12)20(24)22-14-7-9-19-17(11-14)16-10-13(21)6-8-18(16)23-19/h2-6,8,10,14,23H,7,9,11H2,1H3,(H,22,24)/t14-/m0/s1. The number of hydrogen-bond donors (Lipinski definition) is 2. The molecular weight excluding hydrogens is 364 g/mol. The molecule has 3 nitrogen and oxygen atoms in total. The zero-order valence-corrected chi connectivity index (χ0v) is 15.1. The van der Waals surface area contributed by atoms with Gasteiger partial charge in [0.2, 0.25) is 0 Å². The Labute approximate surface area is 149 Å². The van der Waals surface area contributed by atoms with Gasteiger partial charge in [0.15, 0.2) is 0 Å². The summed E-state index contributed by atoms with van der Waals surface area (Å²) in [5.74, 6) is 0.0302. The number of hydrogen-bond acceptors (Lipinski definition) is 1. The Balaban J connectivity index is 1.58. The molecule has 0 saturated heterocycles. The van der Waals surface area contributed by atoms with E-state index in [0.717, 1.165) is 34.9 Å². The third-order valence-electron chi connectivity index (χ3n) is 4.87. The molecule has 1 heterocycles. The highest BCUT2D eigenvalue weighted by atomic mass is 79.9. The number of carbonyl (C=O) groups is 1. The summed E-state index contributed by atoms with van der Waals surface area (Å²) in [4.78, 5) is 16.1. The third kappa shape index (κ3) is 2.75. The average Bonchev–Trinajstić information content (AvgIpc) is 2.92. The Hall–Kier alpha value is -2.07. The minimum Gasteiger partial charge on any atom is -0.358 e. The summed E-state index contributed by atoms with van der Waals surface area (Å²) in [6.45, 7) is 1.98. The normalized spacial score (nSPS) is 16.8. The fourth-order valence-electron chi connectivity index (χ4n) is 3.60. The van der Waals surface area contributed by atoms with Crippen molar-refractivity contribution in [3.8, 4) is 0 Å². The van der Waals surface area contributed by atoms with Gasteiger partial charge < -0.3 is 10.3 Å². The Kier molecular flexibility index (Phi) is 3.93. The number of aromatic nitrogens is 1.